The third-order valence-corrected chi connectivity index (χ3v) is 3.44. The lowest BCUT2D eigenvalue weighted by Crippen LogP contribution is -2.24. The lowest BCUT2D eigenvalue weighted by molar-refractivity contribution is 0.0996. The van der Waals surface area contributed by atoms with Crippen molar-refractivity contribution in [2.45, 2.75) is 12.8 Å². The van der Waals surface area contributed by atoms with Crippen molar-refractivity contribution in [3.63, 3.8) is 0 Å². The van der Waals surface area contributed by atoms with Crippen LogP contribution in [0.15, 0.2) is 41.0 Å². The van der Waals surface area contributed by atoms with Crippen LogP contribution >= 0.6 is 0 Å². The van der Waals surface area contributed by atoms with Gasteiger partial charge in [0.15, 0.2) is 5.76 Å². The maximum Gasteiger partial charge on any atom is 0.291 e. The second-order valence-corrected chi connectivity index (χ2v) is 4.80. The predicted octanol–water partition coefficient (Wildman–Crippen LogP) is 2.91. The topological polar surface area (TPSA) is 45.5 Å². The van der Waals surface area contributed by atoms with Crippen LogP contribution in [0.2, 0.25) is 0 Å². The van der Waals surface area contributed by atoms with E-state index < -0.39 is 0 Å². The molecule has 0 saturated carbocycles. The second kappa shape index (κ2) is 4.80. The van der Waals surface area contributed by atoms with Crippen molar-refractivity contribution >= 4 is 17.3 Å². The smallest absolute Gasteiger partial charge is 0.291 e. The monoisotopic (exact) mass is 256 g/mol. The summed E-state index contributed by atoms with van der Waals surface area (Å²) in [7, 11) is 2.08. The number of aryl methyl sites for hydroxylation is 1. The number of rotatable bonds is 2. The number of carbonyl (C=O) groups excluding carboxylic acids is 1. The minimum absolute atomic E-state index is 0.219. The van der Waals surface area contributed by atoms with Gasteiger partial charge in [0, 0.05) is 25.0 Å². The summed E-state index contributed by atoms with van der Waals surface area (Å²) < 4.78 is 5.08. The van der Waals surface area contributed by atoms with Crippen LogP contribution in [0.4, 0.5) is 11.4 Å². The van der Waals surface area contributed by atoms with Crippen molar-refractivity contribution < 1.29 is 9.21 Å². The Morgan fingerprint density at radius 1 is 1.37 bits per heavy atom. The average molecular weight is 256 g/mol. The molecule has 2 aromatic rings. The summed E-state index contributed by atoms with van der Waals surface area (Å²) in [5.74, 6) is 0.106. The second-order valence-electron chi connectivity index (χ2n) is 4.80. The molecule has 1 aliphatic rings. The number of nitrogens with zero attached hydrogens (tertiary/aromatic N) is 1. The van der Waals surface area contributed by atoms with Gasteiger partial charge in [0.2, 0.25) is 0 Å². The number of fused-ring (bicyclic) bond motifs is 1. The Morgan fingerprint density at radius 3 is 3.05 bits per heavy atom. The van der Waals surface area contributed by atoms with Gasteiger partial charge in [-0.05, 0) is 42.7 Å². The first-order chi connectivity index (χ1) is 9.24. The van der Waals surface area contributed by atoms with Gasteiger partial charge in [-0.15, -0.1) is 0 Å². The van der Waals surface area contributed by atoms with Crippen LogP contribution in [0.25, 0.3) is 0 Å². The zero-order valence-corrected chi connectivity index (χ0v) is 10.8. The standard InChI is InChI=1S/C15H16N2O2/c1-17-8-2-4-11-6-7-12(10-13(11)17)16-15(18)14-5-3-9-19-14/h3,5-7,9-10H,2,4,8H2,1H3,(H,16,18). The summed E-state index contributed by atoms with van der Waals surface area (Å²) in [6.45, 7) is 1.06. The van der Waals surface area contributed by atoms with E-state index in [1.54, 1.807) is 12.1 Å². The molecule has 1 aromatic carbocycles. The van der Waals surface area contributed by atoms with Crippen molar-refractivity contribution in [1.29, 1.82) is 0 Å². The molecule has 2 heterocycles. The Hall–Kier alpha value is -2.23. The third kappa shape index (κ3) is 2.34. The Kier molecular flexibility index (Phi) is 2.99. The number of amides is 1. The van der Waals surface area contributed by atoms with E-state index in [1.807, 2.05) is 12.1 Å². The summed E-state index contributed by atoms with van der Waals surface area (Å²) in [4.78, 5) is 14.1. The molecule has 0 atom stereocenters. The zero-order chi connectivity index (χ0) is 13.2. The first kappa shape index (κ1) is 11.8. The normalized spacial score (nSPS) is 14.1. The van der Waals surface area contributed by atoms with Crippen LogP contribution in [0.1, 0.15) is 22.5 Å². The lowest BCUT2D eigenvalue weighted by Gasteiger charge is -2.27. The van der Waals surface area contributed by atoms with E-state index in [0.29, 0.717) is 5.76 Å². The van der Waals surface area contributed by atoms with Gasteiger partial charge in [-0.3, -0.25) is 4.79 Å². The van der Waals surface area contributed by atoms with Crippen molar-refractivity contribution in [2.75, 3.05) is 23.8 Å². The molecule has 1 amide bonds. The molecule has 1 aliphatic heterocycles. The van der Waals surface area contributed by atoms with Crippen LogP contribution in [0.5, 0.6) is 0 Å². The maximum absolute atomic E-state index is 11.9. The molecule has 0 bridgehead atoms. The number of hydrogen-bond acceptors (Lipinski definition) is 3. The molecule has 19 heavy (non-hydrogen) atoms. The fourth-order valence-electron chi connectivity index (χ4n) is 2.44. The molecule has 0 fully saturated rings. The maximum atomic E-state index is 11.9. The van der Waals surface area contributed by atoms with Gasteiger partial charge in [-0.1, -0.05) is 6.07 Å². The zero-order valence-electron chi connectivity index (χ0n) is 10.8. The highest BCUT2D eigenvalue weighted by Gasteiger charge is 2.15. The van der Waals surface area contributed by atoms with Gasteiger partial charge in [0.1, 0.15) is 0 Å². The molecular formula is C15H16N2O2. The molecule has 0 aliphatic carbocycles. The van der Waals surface area contributed by atoms with Gasteiger partial charge in [-0.25, -0.2) is 0 Å². The van der Waals surface area contributed by atoms with Gasteiger partial charge in [0.25, 0.3) is 5.91 Å². The number of hydrogen-bond donors (Lipinski definition) is 1. The van der Waals surface area contributed by atoms with Crippen LogP contribution in [-0.2, 0) is 6.42 Å². The fourth-order valence-corrected chi connectivity index (χ4v) is 2.44. The Labute approximate surface area is 112 Å². The van der Waals surface area contributed by atoms with E-state index in [1.165, 1.54) is 23.9 Å². The fraction of sp³-hybridized carbons (Fsp3) is 0.267. The first-order valence-electron chi connectivity index (χ1n) is 6.43. The van der Waals surface area contributed by atoms with Crippen molar-refractivity contribution in [3.05, 3.63) is 47.9 Å². The molecule has 4 nitrogen and oxygen atoms in total. The number of anilines is 2. The van der Waals surface area contributed by atoms with Gasteiger partial charge >= 0.3 is 0 Å². The summed E-state index contributed by atoms with van der Waals surface area (Å²) in [5.41, 5.74) is 3.34. The van der Waals surface area contributed by atoms with E-state index in [-0.39, 0.29) is 5.91 Å². The molecule has 0 radical (unpaired) electrons. The molecular weight excluding hydrogens is 240 g/mol. The molecule has 0 saturated heterocycles. The number of furan rings is 1. The van der Waals surface area contributed by atoms with Crippen molar-refractivity contribution in [1.82, 2.24) is 0 Å². The molecule has 0 unspecified atom stereocenters. The van der Waals surface area contributed by atoms with E-state index in [4.69, 9.17) is 4.42 Å². The van der Waals surface area contributed by atoms with E-state index in [9.17, 15) is 4.79 Å². The predicted molar refractivity (Wildman–Crippen MR) is 74.7 cm³/mol. The van der Waals surface area contributed by atoms with Crippen LogP contribution in [0.3, 0.4) is 0 Å². The third-order valence-electron chi connectivity index (χ3n) is 3.44. The molecule has 3 rings (SSSR count). The molecule has 98 valence electrons. The molecule has 1 N–H and O–H groups in total. The number of nitrogens with one attached hydrogen (secondary N) is 1. The first-order valence-corrected chi connectivity index (χ1v) is 6.43. The van der Waals surface area contributed by atoms with Crippen molar-refractivity contribution in [2.24, 2.45) is 0 Å². The largest absolute Gasteiger partial charge is 0.459 e. The Morgan fingerprint density at radius 2 is 2.26 bits per heavy atom. The molecule has 4 heteroatoms. The highest BCUT2D eigenvalue weighted by atomic mass is 16.3. The number of carbonyl (C=O) groups is 1. The van der Waals surface area contributed by atoms with Crippen LogP contribution in [-0.4, -0.2) is 19.5 Å². The van der Waals surface area contributed by atoms with Crippen molar-refractivity contribution in [3.8, 4) is 0 Å². The lowest BCUT2D eigenvalue weighted by atomic mass is 10.0. The van der Waals surface area contributed by atoms with Crippen LogP contribution < -0.4 is 10.2 Å². The minimum atomic E-state index is -0.219. The molecule has 1 aromatic heterocycles. The van der Waals surface area contributed by atoms with Gasteiger partial charge in [-0.2, -0.15) is 0 Å². The van der Waals surface area contributed by atoms with E-state index in [0.717, 1.165) is 18.7 Å². The molecule has 0 spiro atoms. The summed E-state index contributed by atoms with van der Waals surface area (Å²) >= 11 is 0. The SMILES string of the molecule is CN1CCCc2ccc(NC(=O)c3ccco3)cc21. The summed E-state index contributed by atoms with van der Waals surface area (Å²) in [5, 5.41) is 2.86. The average Bonchev–Trinajstić information content (AvgIpc) is 2.94. The van der Waals surface area contributed by atoms with Gasteiger partial charge in [0.05, 0.1) is 6.26 Å². The highest BCUT2D eigenvalue weighted by molar-refractivity contribution is 6.02. The van der Waals surface area contributed by atoms with Gasteiger partial charge < -0.3 is 14.6 Å². The summed E-state index contributed by atoms with van der Waals surface area (Å²) in [6, 6.07) is 9.41. The van der Waals surface area contributed by atoms with E-state index >= 15 is 0 Å². The Bertz CT molecular complexity index is 590. The minimum Gasteiger partial charge on any atom is -0.459 e. The summed E-state index contributed by atoms with van der Waals surface area (Å²) in [6.07, 6.45) is 3.78. The Balaban J connectivity index is 1.82. The quantitative estimate of drug-likeness (QED) is 0.898. The van der Waals surface area contributed by atoms with E-state index in [2.05, 4.69) is 23.3 Å². The number of benzene rings is 1. The highest BCUT2D eigenvalue weighted by Crippen LogP contribution is 2.29. The van der Waals surface area contributed by atoms with Crippen LogP contribution in [0, 0.1) is 0 Å².